The standard InChI is InChI=1S/C25H23NO3/c1-25(2,26-23(27)20-15-9-10-16-21(20)24(26)28)17-29-22(18-11-5-3-6-12-18)19-13-7-4-8-14-19/h3-16,22H,17H2,1-2H3. The molecule has 3 aromatic carbocycles. The van der Waals surface area contributed by atoms with E-state index in [1.807, 2.05) is 74.5 Å². The Morgan fingerprint density at radius 3 is 1.59 bits per heavy atom. The van der Waals surface area contributed by atoms with Crippen LogP contribution in [-0.4, -0.2) is 28.9 Å². The van der Waals surface area contributed by atoms with Crippen LogP contribution in [0.1, 0.15) is 51.8 Å². The molecule has 1 aliphatic heterocycles. The third-order valence-electron chi connectivity index (χ3n) is 5.21. The zero-order chi connectivity index (χ0) is 20.4. The van der Waals surface area contributed by atoms with Gasteiger partial charge < -0.3 is 4.74 Å². The summed E-state index contributed by atoms with van der Waals surface area (Å²) < 4.78 is 6.34. The number of rotatable bonds is 6. The summed E-state index contributed by atoms with van der Waals surface area (Å²) >= 11 is 0. The van der Waals surface area contributed by atoms with Crippen molar-refractivity contribution in [3.05, 3.63) is 107 Å². The zero-order valence-electron chi connectivity index (χ0n) is 16.5. The molecule has 3 aromatic rings. The Morgan fingerprint density at radius 2 is 1.14 bits per heavy atom. The second kappa shape index (κ2) is 7.64. The van der Waals surface area contributed by atoms with Gasteiger partial charge in [0.15, 0.2) is 0 Å². The Balaban J connectivity index is 1.59. The molecule has 0 radical (unpaired) electrons. The largest absolute Gasteiger partial charge is 0.366 e. The van der Waals surface area contributed by atoms with E-state index in [0.29, 0.717) is 11.1 Å². The van der Waals surface area contributed by atoms with Crippen molar-refractivity contribution in [2.75, 3.05) is 6.61 Å². The van der Waals surface area contributed by atoms with Crippen molar-refractivity contribution in [1.29, 1.82) is 0 Å². The Bertz CT molecular complexity index is 954. The van der Waals surface area contributed by atoms with Gasteiger partial charge in [-0.1, -0.05) is 72.8 Å². The zero-order valence-corrected chi connectivity index (χ0v) is 16.5. The van der Waals surface area contributed by atoms with Gasteiger partial charge in [0.2, 0.25) is 0 Å². The number of nitrogens with zero attached hydrogens (tertiary/aromatic N) is 1. The van der Waals surface area contributed by atoms with E-state index in [1.165, 1.54) is 4.90 Å². The molecule has 0 spiro atoms. The fourth-order valence-electron chi connectivity index (χ4n) is 3.73. The van der Waals surface area contributed by atoms with Gasteiger partial charge in [-0.2, -0.15) is 0 Å². The van der Waals surface area contributed by atoms with E-state index in [0.717, 1.165) is 11.1 Å². The van der Waals surface area contributed by atoms with Crippen molar-refractivity contribution in [2.24, 2.45) is 0 Å². The van der Waals surface area contributed by atoms with Gasteiger partial charge in [-0.05, 0) is 37.1 Å². The predicted octanol–water partition coefficient (Wildman–Crippen LogP) is 4.87. The molecule has 4 heteroatoms. The number of ether oxygens (including phenoxy) is 1. The summed E-state index contributed by atoms with van der Waals surface area (Å²) in [6.07, 6.45) is -0.285. The van der Waals surface area contributed by atoms with Crippen LogP contribution in [0, 0.1) is 0 Å². The average Bonchev–Trinajstić information content (AvgIpc) is 3.01. The van der Waals surface area contributed by atoms with Crippen LogP contribution in [0.5, 0.6) is 0 Å². The van der Waals surface area contributed by atoms with Gasteiger partial charge in [-0.15, -0.1) is 0 Å². The molecule has 0 N–H and O–H groups in total. The lowest BCUT2D eigenvalue weighted by Crippen LogP contribution is -2.50. The highest BCUT2D eigenvalue weighted by molar-refractivity contribution is 6.21. The molecule has 0 unspecified atom stereocenters. The van der Waals surface area contributed by atoms with Crippen molar-refractivity contribution in [1.82, 2.24) is 4.90 Å². The summed E-state index contributed by atoms with van der Waals surface area (Å²) in [5.74, 6) is -0.537. The molecule has 1 heterocycles. The summed E-state index contributed by atoms with van der Waals surface area (Å²) in [5, 5.41) is 0. The topological polar surface area (TPSA) is 46.6 Å². The summed E-state index contributed by atoms with van der Waals surface area (Å²) in [7, 11) is 0. The normalized spacial score (nSPS) is 13.8. The number of hydrogen-bond acceptors (Lipinski definition) is 3. The van der Waals surface area contributed by atoms with Gasteiger partial charge >= 0.3 is 0 Å². The van der Waals surface area contributed by atoms with E-state index < -0.39 is 5.54 Å². The number of imide groups is 1. The highest BCUT2D eigenvalue weighted by Gasteiger charge is 2.44. The van der Waals surface area contributed by atoms with Crippen LogP contribution in [0.3, 0.4) is 0 Å². The molecule has 4 nitrogen and oxygen atoms in total. The van der Waals surface area contributed by atoms with E-state index in [1.54, 1.807) is 24.3 Å². The highest BCUT2D eigenvalue weighted by atomic mass is 16.5. The van der Waals surface area contributed by atoms with Gasteiger partial charge in [0.25, 0.3) is 11.8 Å². The smallest absolute Gasteiger partial charge is 0.262 e. The molecule has 0 bridgehead atoms. The molecule has 0 saturated heterocycles. The molecular weight excluding hydrogens is 362 g/mol. The molecule has 0 aromatic heterocycles. The summed E-state index contributed by atoms with van der Waals surface area (Å²) in [5.41, 5.74) is 2.16. The Hall–Kier alpha value is -3.24. The Kier molecular flexibility index (Phi) is 5.03. The third kappa shape index (κ3) is 3.59. The first kappa shape index (κ1) is 19.1. The first-order chi connectivity index (χ1) is 14.0. The molecule has 29 heavy (non-hydrogen) atoms. The molecule has 146 valence electrons. The molecule has 0 fully saturated rings. The van der Waals surface area contributed by atoms with Crippen LogP contribution in [0.15, 0.2) is 84.9 Å². The minimum absolute atomic E-state index is 0.215. The van der Waals surface area contributed by atoms with Crippen LogP contribution in [0.4, 0.5) is 0 Å². The van der Waals surface area contributed by atoms with E-state index >= 15 is 0 Å². The molecule has 0 aliphatic carbocycles. The minimum atomic E-state index is -0.797. The van der Waals surface area contributed by atoms with Crippen LogP contribution in [-0.2, 0) is 4.74 Å². The van der Waals surface area contributed by atoms with Crippen molar-refractivity contribution >= 4 is 11.8 Å². The number of carbonyl (C=O) groups is 2. The second-order valence-corrected chi connectivity index (χ2v) is 7.82. The molecule has 1 aliphatic rings. The summed E-state index contributed by atoms with van der Waals surface area (Å²) in [4.78, 5) is 27.1. The van der Waals surface area contributed by atoms with E-state index in [9.17, 15) is 9.59 Å². The quantitative estimate of drug-likeness (QED) is 0.569. The maximum absolute atomic E-state index is 12.9. The first-order valence-corrected chi connectivity index (χ1v) is 9.68. The first-order valence-electron chi connectivity index (χ1n) is 9.68. The molecule has 0 atom stereocenters. The average molecular weight is 385 g/mol. The van der Waals surface area contributed by atoms with Crippen LogP contribution >= 0.6 is 0 Å². The minimum Gasteiger partial charge on any atom is -0.366 e. The van der Waals surface area contributed by atoms with Crippen LogP contribution in [0.25, 0.3) is 0 Å². The monoisotopic (exact) mass is 385 g/mol. The van der Waals surface area contributed by atoms with Gasteiger partial charge in [0.05, 0.1) is 23.3 Å². The SMILES string of the molecule is CC(C)(COC(c1ccccc1)c1ccccc1)N1C(=O)c2ccccc2C1=O. The van der Waals surface area contributed by atoms with Gasteiger partial charge in [0, 0.05) is 0 Å². The molecule has 0 saturated carbocycles. The fourth-order valence-corrected chi connectivity index (χ4v) is 3.73. The lowest BCUT2D eigenvalue weighted by molar-refractivity contribution is -0.00241. The van der Waals surface area contributed by atoms with E-state index in [2.05, 4.69) is 0 Å². The number of fused-ring (bicyclic) bond motifs is 1. The van der Waals surface area contributed by atoms with Gasteiger partial charge in [-0.25, -0.2) is 0 Å². The lowest BCUT2D eigenvalue weighted by Gasteiger charge is -2.35. The summed E-state index contributed by atoms with van der Waals surface area (Å²) in [6, 6.07) is 26.9. The summed E-state index contributed by atoms with van der Waals surface area (Å²) in [6.45, 7) is 3.94. The van der Waals surface area contributed by atoms with E-state index in [-0.39, 0.29) is 24.5 Å². The lowest BCUT2D eigenvalue weighted by atomic mass is 10.00. The van der Waals surface area contributed by atoms with Crippen LogP contribution < -0.4 is 0 Å². The number of hydrogen-bond donors (Lipinski definition) is 0. The Labute approximate surface area is 170 Å². The van der Waals surface area contributed by atoms with Crippen molar-refractivity contribution in [3.8, 4) is 0 Å². The number of amides is 2. The van der Waals surface area contributed by atoms with Gasteiger partial charge in [-0.3, -0.25) is 14.5 Å². The predicted molar refractivity (Wildman–Crippen MR) is 112 cm³/mol. The fraction of sp³-hybridized carbons (Fsp3) is 0.200. The highest BCUT2D eigenvalue weighted by Crippen LogP contribution is 2.32. The molecular formula is C25H23NO3. The Morgan fingerprint density at radius 1 is 0.724 bits per heavy atom. The number of carbonyl (C=O) groups excluding carboxylic acids is 2. The second-order valence-electron chi connectivity index (χ2n) is 7.82. The van der Waals surface area contributed by atoms with Crippen molar-refractivity contribution in [3.63, 3.8) is 0 Å². The maximum Gasteiger partial charge on any atom is 0.262 e. The van der Waals surface area contributed by atoms with Crippen molar-refractivity contribution < 1.29 is 14.3 Å². The maximum atomic E-state index is 12.9. The molecule has 2 amide bonds. The number of benzene rings is 3. The van der Waals surface area contributed by atoms with E-state index in [4.69, 9.17) is 4.74 Å². The van der Waals surface area contributed by atoms with Gasteiger partial charge in [0.1, 0.15) is 6.10 Å². The molecule has 4 rings (SSSR count). The van der Waals surface area contributed by atoms with Crippen LogP contribution in [0.2, 0.25) is 0 Å². The van der Waals surface area contributed by atoms with Crippen molar-refractivity contribution in [2.45, 2.75) is 25.5 Å². The third-order valence-corrected chi connectivity index (χ3v) is 5.21.